The van der Waals surface area contributed by atoms with Crippen LogP contribution < -0.4 is 9.64 Å². The summed E-state index contributed by atoms with van der Waals surface area (Å²) in [6, 6.07) is 7.48. The summed E-state index contributed by atoms with van der Waals surface area (Å²) in [4.78, 5) is 24.9. The predicted molar refractivity (Wildman–Crippen MR) is 116 cm³/mol. The number of carbonyl (C=O) groups is 1. The van der Waals surface area contributed by atoms with Gasteiger partial charge in [-0.15, -0.1) is 0 Å². The van der Waals surface area contributed by atoms with Crippen molar-refractivity contribution in [2.45, 2.75) is 33.0 Å². The number of carbonyl (C=O) groups excluding carboxylic acids is 1. The molecular formula is C20H24BrClN4O3. The summed E-state index contributed by atoms with van der Waals surface area (Å²) in [7, 11) is 0. The molecule has 1 aromatic carbocycles. The van der Waals surface area contributed by atoms with E-state index in [0.29, 0.717) is 54.1 Å². The van der Waals surface area contributed by atoms with Crippen LogP contribution in [0.5, 0.6) is 5.88 Å². The summed E-state index contributed by atoms with van der Waals surface area (Å²) < 4.78 is 11.8. The Hall–Kier alpha value is -2.06. The van der Waals surface area contributed by atoms with Gasteiger partial charge in [-0.25, -0.2) is 9.78 Å². The number of rotatable bonds is 4. The molecule has 0 spiro atoms. The second-order valence-electron chi connectivity index (χ2n) is 7.70. The van der Waals surface area contributed by atoms with E-state index in [4.69, 9.17) is 21.1 Å². The topological polar surface area (TPSA) is 67.8 Å². The van der Waals surface area contributed by atoms with Crippen molar-refractivity contribution in [1.82, 2.24) is 14.9 Å². The zero-order chi connectivity index (χ0) is 21.0. The molecule has 0 unspecified atom stereocenters. The third-order valence-corrected chi connectivity index (χ3v) is 4.98. The summed E-state index contributed by atoms with van der Waals surface area (Å²) in [6.07, 6.45) is 1.41. The van der Waals surface area contributed by atoms with E-state index in [-0.39, 0.29) is 6.09 Å². The van der Waals surface area contributed by atoms with Crippen LogP contribution in [0.2, 0.25) is 5.02 Å². The summed E-state index contributed by atoms with van der Waals surface area (Å²) in [5, 5.41) is 0.660. The molecule has 0 N–H and O–H groups in total. The molecule has 0 saturated carbocycles. The molecule has 1 fully saturated rings. The maximum Gasteiger partial charge on any atom is 0.410 e. The van der Waals surface area contributed by atoms with Crippen molar-refractivity contribution in [1.29, 1.82) is 0 Å². The number of nitrogens with zero attached hydrogens (tertiary/aromatic N) is 4. The van der Waals surface area contributed by atoms with Crippen LogP contribution in [0.3, 0.4) is 0 Å². The van der Waals surface area contributed by atoms with Gasteiger partial charge in [0.15, 0.2) is 10.4 Å². The van der Waals surface area contributed by atoms with E-state index in [1.54, 1.807) is 11.1 Å². The Morgan fingerprint density at radius 1 is 1.24 bits per heavy atom. The molecule has 0 bridgehead atoms. The van der Waals surface area contributed by atoms with Gasteiger partial charge in [0.05, 0.1) is 6.20 Å². The predicted octanol–water partition coefficient (Wildman–Crippen LogP) is 4.53. The molecule has 1 saturated heterocycles. The van der Waals surface area contributed by atoms with Gasteiger partial charge in [0.2, 0.25) is 5.88 Å². The fraction of sp³-hybridized carbons (Fsp3) is 0.450. The lowest BCUT2D eigenvalue weighted by Gasteiger charge is -2.36. The smallest absolute Gasteiger partial charge is 0.410 e. The molecule has 156 valence electrons. The van der Waals surface area contributed by atoms with Crippen LogP contribution >= 0.6 is 27.5 Å². The van der Waals surface area contributed by atoms with Crippen LogP contribution in [0.15, 0.2) is 35.1 Å². The van der Waals surface area contributed by atoms with Crippen LogP contribution in [0.4, 0.5) is 10.6 Å². The summed E-state index contributed by atoms with van der Waals surface area (Å²) in [5.41, 5.74) is 0.447. The van der Waals surface area contributed by atoms with Crippen molar-refractivity contribution in [3.8, 4) is 5.88 Å². The lowest BCUT2D eigenvalue weighted by molar-refractivity contribution is 0.0240. The van der Waals surface area contributed by atoms with E-state index in [2.05, 4.69) is 30.8 Å². The second kappa shape index (κ2) is 9.17. The molecule has 0 radical (unpaired) electrons. The van der Waals surface area contributed by atoms with Crippen LogP contribution in [0.25, 0.3) is 0 Å². The van der Waals surface area contributed by atoms with Gasteiger partial charge in [0.25, 0.3) is 0 Å². The minimum atomic E-state index is -0.499. The number of aromatic nitrogens is 2. The van der Waals surface area contributed by atoms with E-state index in [1.165, 1.54) is 0 Å². The first-order valence-electron chi connectivity index (χ1n) is 9.34. The molecule has 1 aliphatic heterocycles. The third kappa shape index (κ3) is 6.21. The Morgan fingerprint density at radius 2 is 1.97 bits per heavy atom. The van der Waals surface area contributed by atoms with E-state index < -0.39 is 5.60 Å². The number of amides is 1. The van der Waals surface area contributed by atoms with E-state index in [0.717, 1.165) is 5.56 Å². The lowest BCUT2D eigenvalue weighted by atomic mass is 10.2. The number of halogens is 2. The molecular weight excluding hydrogens is 460 g/mol. The first-order chi connectivity index (χ1) is 13.7. The molecule has 1 aliphatic rings. The summed E-state index contributed by atoms with van der Waals surface area (Å²) >= 11 is 9.40. The molecule has 3 rings (SSSR count). The van der Waals surface area contributed by atoms with Crippen LogP contribution in [0, 0.1) is 0 Å². The van der Waals surface area contributed by atoms with Gasteiger partial charge < -0.3 is 19.3 Å². The van der Waals surface area contributed by atoms with Gasteiger partial charge in [-0.05, 0) is 54.4 Å². The van der Waals surface area contributed by atoms with Crippen LogP contribution in [-0.2, 0) is 11.3 Å². The van der Waals surface area contributed by atoms with Gasteiger partial charge in [0, 0.05) is 31.2 Å². The molecule has 1 aromatic heterocycles. The zero-order valence-electron chi connectivity index (χ0n) is 16.7. The van der Waals surface area contributed by atoms with E-state index in [1.807, 2.05) is 45.0 Å². The van der Waals surface area contributed by atoms with Gasteiger partial charge in [-0.2, -0.15) is 4.98 Å². The maximum atomic E-state index is 12.2. The van der Waals surface area contributed by atoms with Crippen molar-refractivity contribution >= 4 is 39.4 Å². The molecule has 0 aliphatic carbocycles. The van der Waals surface area contributed by atoms with Crippen LogP contribution in [-0.4, -0.2) is 52.7 Å². The fourth-order valence-electron chi connectivity index (χ4n) is 2.82. The highest BCUT2D eigenvalue weighted by Gasteiger charge is 2.26. The largest absolute Gasteiger partial charge is 0.471 e. The highest BCUT2D eigenvalue weighted by molar-refractivity contribution is 9.10. The SMILES string of the molecule is CC(C)(C)OC(=O)N1CCN(c2cnc(Br)c(OCc3cccc(Cl)c3)n2)CC1. The first-order valence-corrected chi connectivity index (χ1v) is 10.5. The molecule has 29 heavy (non-hydrogen) atoms. The number of hydrogen-bond acceptors (Lipinski definition) is 6. The van der Waals surface area contributed by atoms with Gasteiger partial charge in [-0.3, -0.25) is 0 Å². The standard InChI is InChI=1S/C20H24BrClN4O3/c1-20(2,3)29-19(27)26-9-7-25(8-10-26)16-12-23-17(21)18(24-16)28-13-14-5-4-6-15(22)11-14/h4-6,11-12H,7-10,13H2,1-3H3. The molecule has 0 atom stereocenters. The molecule has 1 amide bonds. The van der Waals surface area contributed by atoms with Crippen molar-refractivity contribution in [3.05, 3.63) is 45.7 Å². The highest BCUT2D eigenvalue weighted by atomic mass is 79.9. The summed E-state index contributed by atoms with van der Waals surface area (Å²) in [5.74, 6) is 1.12. The van der Waals surface area contributed by atoms with Gasteiger partial charge in [-0.1, -0.05) is 23.7 Å². The molecule has 2 aromatic rings. The normalized spacial score (nSPS) is 14.7. The Morgan fingerprint density at radius 3 is 2.62 bits per heavy atom. The van der Waals surface area contributed by atoms with Crippen molar-refractivity contribution in [3.63, 3.8) is 0 Å². The zero-order valence-corrected chi connectivity index (χ0v) is 19.0. The minimum absolute atomic E-state index is 0.287. The molecule has 2 heterocycles. The van der Waals surface area contributed by atoms with Crippen molar-refractivity contribution in [2.75, 3.05) is 31.1 Å². The van der Waals surface area contributed by atoms with Gasteiger partial charge in [0.1, 0.15) is 12.2 Å². The minimum Gasteiger partial charge on any atom is -0.471 e. The number of piperazine rings is 1. The Bertz CT molecular complexity index is 867. The van der Waals surface area contributed by atoms with E-state index >= 15 is 0 Å². The van der Waals surface area contributed by atoms with Crippen molar-refractivity contribution < 1.29 is 14.3 Å². The summed E-state index contributed by atoms with van der Waals surface area (Å²) in [6.45, 7) is 8.34. The number of ether oxygens (including phenoxy) is 2. The lowest BCUT2D eigenvalue weighted by Crippen LogP contribution is -2.50. The Balaban J connectivity index is 1.60. The van der Waals surface area contributed by atoms with Crippen LogP contribution in [0.1, 0.15) is 26.3 Å². The maximum absolute atomic E-state index is 12.2. The average Bonchev–Trinajstić information content (AvgIpc) is 2.66. The first kappa shape index (κ1) is 21.6. The second-order valence-corrected chi connectivity index (χ2v) is 8.88. The van der Waals surface area contributed by atoms with E-state index in [9.17, 15) is 4.79 Å². The van der Waals surface area contributed by atoms with Gasteiger partial charge >= 0.3 is 6.09 Å². The van der Waals surface area contributed by atoms with Crippen molar-refractivity contribution in [2.24, 2.45) is 0 Å². The average molecular weight is 484 g/mol. The third-order valence-electron chi connectivity index (χ3n) is 4.21. The highest BCUT2D eigenvalue weighted by Crippen LogP contribution is 2.25. The number of hydrogen-bond donors (Lipinski definition) is 0. The number of anilines is 1. The Kier molecular flexibility index (Phi) is 6.85. The fourth-order valence-corrected chi connectivity index (χ4v) is 3.33. The number of benzene rings is 1. The Labute approximate surface area is 184 Å². The quantitative estimate of drug-likeness (QED) is 0.636. The monoisotopic (exact) mass is 482 g/mol. The molecule has 9 heteroatoms. The molecule has 7 nitrogen and oxygen atoms in total.